The van der Waals surface area contributed by atoms with Crippen LogP contribution in [-0.4, -0.2) is 260 Å². The number of primary amides is 3. The van der Waals surface area contributed by atoms with Gasteiger partial charge in [-0.25, -0.2) is 22.8 Å². The summed E-state index contributed by atoms with van der Waals surface area (Å²) in [6, 6.07) is 0. The average molecular weight is 1250 g/mol. The number of aromatic carboxylic acids is 2. The van der Waals surface area contributed by atoms with Crippen LogP contribution in [0.1, 0.15) is 87.9 Å². The molecule has 9 heterocycles. The van der Waals surface area contributed by atoms with Crippen molar-refractivity contribution in [2.45, 2.75) is 45.2 Å². The van der Waals surface area contributed by atoms with Crippen molar-refractivity contribution < 1.29 is 92.7 Å². The highest BCUT2D eigenvalue weighted by Crippen LogP contribution is 2.15. The summed E-state index contributed by atoms with van der Waals surface area (Å²) in [5.41, 5.74) is 16.4. The normalized spacial score (nSPS) is 10.1. The number of aliphatic carboxylic acids is 2. The van der Waals surface area contributed by atoms with Crippen LogP contribution in [0.4, 0.5) is 5.82 Å². The van der Waals surface area contributed by atoms with E-state index >= 15 is 0 Å². The van der Waals surface area contributed by atoms with Crippen LogP contribution in [0, 0.1) is 0 Å². The Balaban J connectivity index is 0.000000492. The molecule has 0 saturated carbocycles. The highest BCUT2D eigenvalue weighted by molar-refractivity contribution is 7.92. The summed E-state index contributed by atoms with van der Waals surface area (Å²) >= 11 is 0. The standard InChI is InChI=1S/C5H8N4O4S.C5H5N3O3.C4H4N4O3.C4H6N4O.2C4H7N3O2.C4H5N3O2.C3H4N4O.C3H5N3O/c1-9(14(2,12)13)4-3(5(10)11)6-8-7-4;9-4(5(10)11)1-3-2-6-8-7-3;5-3(9)1-2(4(10)11)7-8-6-1;5-4(9)1-3-2-6-8-7-3;8-1-3-4(2-9)6-7-5-3;8-2-4(9)3-1-5-7-6-3;8-4(9)1-3-2-5-7-6-3;4-3(8)2-1-5-7-6-2;7-2-3-1-4-6-5-3/h1-2H3,(H,10,11)(H,6,7,8);2H,1H2,(H,10,11)(H,6,7,8);(H2,5,9)(H,10,11)(H,6,7,8);2H,1H2,(H2,5,9)(H,6,7,8);8-9H,1-2H2,(H,5,6,7);1,4,8-9H,2H2,(H,5,6,7);2H,1H2,(H,8,9)(H,5,6,7);1H,(H2,4,8)(H,5,6,7);1,7H,2H2,(H,4,5,6). The Morgan fingerprint density at radius 2 is 0.920 bits per heavy atom. The van der Waals surface area contributed by atoms with Gasteiger partial charge in [-0.05, 0) is 0 Å². The number of aliphatic hydroxyl groups is 5. The predicted molar refractivity (Wildman–Crippen MR) is 272 cm³/mol. The molecule has 0 bridgehead atoms. The number of carboxylic acids is 4. The Morgan fingerprint density at radius 1 is 0.494 bits per heavy atom. The van der Waals surface area contributed by atoms with Gasteiger partial charge in [-0.1, -0.05) is 0 Å². The second-order valence-electron chi connectivity index (χ2n) is 14.7. The third-order valence-electron chi connectivity index (χ3n) is 8.42. The molecular formula is C36H51N31O19S. The van der Waals surface area contributed by atoms with E-state index in [0.717, 1.165) is 10.6 Å². The Bertz CT molecular complexity index is 3400. The minimum atomic E-state index is -3.53. The molecule has 0 aliphatic carbocycles. The second-order valence-corrected chi connectivity index (χ2v) is 16.7. The van der Waals surface area contributed by atoms with E-state index in [1.54, 1.807) is 0 Å². The van der Waals surface area contributed by atoms with Crippen LogP contribution in [0.25, 0.3) is 0 Å². The number of nitrogens with zero attached hydrogens (tertiary/aromatic N) is 19. The van der Waals surface area contributed by atoms with Crippen molar-refractivity contribution >= 4 is 63.2 Å². The fourth-order valence-corrected chi connectivity index (χ4v) is 4.86. The van der Waals surface area contributed by atoms with Crippen LogP contribution in [0.5, 0.6) is 0 Å². The maximum atomic E-state index is 11.1. The molecule has 0 radical (unpaired) electrons. The average Bonchev–Trinajstić information content (AvgIpc) is 4.54. The van der Waals surface area contributed by atoms with Crippen molar-refractivity contribution in [3.8, 4) is 0 Å². The van der Waals surface area contributed by atoms with E-state index in [2.05, 4.69) is 128 Å². The van der Waals surface area contributed by atoms with Crippen LogP contribution in [0.3, 0.4) is 0 Å². The Labute approximate surface area is 480 Å². The first-order valence-corrected chi connectivity index (χ1v) is 24.2. The van der Waals surface area contributed by atoms with Gasteiger partial charge in [-0.3, -0.25) is 28.3 Å². The van der Waals surface area contributed by atoms with Crippen molar-refractivity contribution in [2.75, 3.05) is 24.2 Å². The number of carboxylic acid groups (broad SMARTS) is 4. The number of ketones is 1. The van der Waals surface area contributed by atoms with Gasteiger partial charge in [0.15, 0.2) is 17.2 Å². The fourth-order valence-electron chi connectivity index (χ4n) is 4.42. The number of anilines is 1. The number of nitrogens with two attached hydrogens (primary N) is 3. The maximum Gasteiger partial charge on any atom is 0.372 e. The summed E-state index contributed by atoms with van der Waals surface area (Å²) in [6.07, 6.45) is 8.14. The highest BCUT2D eigenvalue weighted by atomic mass is 32.2. The number of Topliss-reactive ketones (excluding diaryl/α,β-unsaturated/α-hetero) is 1. The lowest BCUT2D eigenvalue weighted by Crippen LogP contribution is -2.26. The quantitative estimate of drug-likeness (QED) is 0.0355. The Kier molecular flexibility index (Phi) is 32.8. The van der Waals surface area contributed by atoms with Crippen LogP contribution in [-0.2, 0) is 68.3 Å². The number of aliphatic hydroxyl groups excluding tert-OH is 5. The Hall–Kier alpha value is -12.2. The summed E-state index contributed by atoms with van der Waals surface area (Å²) in [7, 11) is -2.34. The molecule has 50 nitrogen and oxygen atoms in total. The smallest absolute Gasteiger partial charge is 0.372 e. The first-order valence-electron chi connectivity index (χ1n) is 22.4. The third-order valence-corrected chi connectivity index (χ3v) is 9.59. The van der Waals surface area contributed by atoms with E-state index in [0.29, 0.717) is 39.9 Å². The number of carbonyl (C=O) groups excluding carboxylic acids is 4. The van der Waals surface area contributed by atoms with Crippen molar-refractivity contribution in [3.05, 3.63) is 99.8 Å². The van der Waals surface area contributed by atoms with Gasteiger partial charge in [0.2, 0.25) is 33.1 Å². The van der Waals surface area contributed by atoms with E-state index in [4.69, 9.17) is 63.2 Å². The highest BCUT2D eigenvalue weighted by Gasteiger charge is 2.24. The first kappa shape index (κ1) is 72.8. The van der Waals surface area contributed by atoms with Crippen LogP contribution in [0.2, 0.25) is 0 Å². The first-order chi connectivity index (χ1) is 41.2. The second kappa shape index (κ2) is 39.2. The molecule has 0 aliphatic heterocycles. The van der Waals surface area contributed by atoms with E-state index in [1.807, 2.05) is 10.4 Å². The molecule has 9 rings (SSSR count). The van der Waals surface area contributed by atoms with E-state index in [1.165, 1.54) is 44.2 Å². The molecule has 1 unspecified atom stereocenters. The van der Waals surface area contributed by atoms with E-state index in [-0.39, 0.29) is 62.9 Å². The molecule has 0 fully saturated rings. The van der Waals surface area contributed by atoms with Crippen LogP contribution >= 0.6 is 0 Å². The molecule has 0 spiro atoms. The molecule has 9 aromatic rings. The molecule has 9 aromatic heterocycles. The minimum Gasteiger partial charge on any atom is -0.481 e. The molecule has 0 aliphatic rings. The molecule has 1 atom stereocenters. The van der Waals surface area contributed by atoms with Gasteiger partial charge in [0.05, 0.1) is 106 Å². The molecule has 51 heteroatoms. The Morgan fingerprint density at radius 3 is 1.25 bits per heavy atom. The van der Waals surface area contributed by atoms with Gasteiger partial charge in [0.1, 0.15) is 28.9 Å². The van der Waals surface area contributed by atoms with Crippen LogP contribution in [0.15, 0.2) is 37.2 Å². The molecule has 470 valence electrons. The largest absolute Gasteiger partial charge is 0.481 e. The number of hydrogen-bond acceptors (Lipinski definition) is 33. The number of nitrogens with one attached hydrogen (secondary N) is 9. The number of hydrogen-bond donors (Lipinski definition) is 21. The van der Waals surface area contributed by atoms with E-state index in [9.17, 15) is 46.8 Å². The van der Waals surface area contributed by atoms with Gasteiger partial charge < -0.3 is 63.2 Å². The monoisotopic (exact) mass is 1250 g/mol. The number of aromatic amines is 9. The summed E-state index contributed by atoms with van der Waals surface area (Å²) in [5, 5.41) is 158. The molecule has 0 aromatic carbocycles. The molecule has 87 heavy (non-hydrogen) atoms. The van der Waals surface area contributed by atoms with E-state index < -0.39 is 74.9 Å². The van der Waals surface area contributed by atoms with Crippen molar-refractivity contribution in [1.82, 2.24) is 139 Å². The zero-order valence-corrected chi connectivity index (χ0v) is 45.1. The number of sulfonamides is 1. The number of carbonyl (C=O) groups is 8. The molecular weight excluding hydrogens is 1200 g/mol. The van der Waals surface area contributed by atoms with Crippen molar-refractivity contribution in [1.29, 1.82) is 0 Å². The van der Waals surface area contributed by atoms with Gasteiger partial charge in [0, 0.05) is 7.05 Å². The van der Waals surface area contributed by atoms with Gasteiger partial charge in [-0.2, -0.15) is 118 Å². The fraction of sp³-hybridized carbons (Fsp3) is 0.278. The summed E-state index contributed by atoms with van der Waals surface area (Å²) in [5.74, 6) is -8.05. The summed E-state index contributed by atoms with van der Waals surface area (Å²) < 4.78 is 22.8. The molecule has 3 amide bonds. The molecule has 24 N–H and O–H groups in total. The topological polar surface area (TPSA) is 808 Å². The zero-order valence-electron chi connectivity index (χ0n) is 44.2. The number of H-pyrrole nitrogens is 9. The summed E-state index contributed by atoms with van der Waals surface area (Å²) in [6.45, 7) is -0.748. The number of rotatable bonds is 18. The van der Waals surface area contributed by atoms with Crippen molar-refractivity contribution in [2.24, 2.45) is 17.2 Å². The lowest BCUT2D eigenvalue weighted by atomic mass is 10.2. The SMILES string of the molecule is CN(c1n[nH]nc1C(=O)O)S(C)(=O)=O.NC(=O)Cc1cn[nH]n1.NC(=O)c1cn[nH]n1.NC(=O)c1n[nH]nc1C(=O)O.O=C(O)C(=O)Cc1cn[nH]n1.O=C(O)Cc1cn[nH]n1.OCC(O)c1cn[nH]n1.OCc1cn[nH]n1.OCc1n[nH]nc1CO. The zero-order chi connectivity index (χ0) is 65.5. The van der Waals surface area contributed by atoms with Gasteiger partial charge in [0.25, 0.3) is 11.8 Å². The minimum absolute atomic E-state index is 0.0451. The van der Waals surface area contributed by atoms with Gasteiger partial charge in [-0.15, -0.1) is 20.4 Å². The third kappa shape index (κ3) is 29.4. The maximum absolute atomic E-state index is 11.1. The molecule has 0 saturated heterocycles. The predicted octanol–water partition coefficient (Wildman–Crippen LogP) is -9.41. The van der Waals surface area contributed by atoms with Gasteiger partial charge >= 0.3 is 23.9 Å². The van der Waals surface area contributed by atoms with Crippen LogP contribution < -0.4 is 21.5 Å². The lowest BCUT2D eigenvalue weighted by molar-refractivity contribution is -0.148. The number of amides is 3. The number of aromatic nitrogens is 27. The van der Waals surface area contributed by atoms with Crippen molar-refractivity contribution in [3.63, 3.8) is 0 Å². The summed E-state index contributed by atoms with van der Waals surface area (Å²) in [4.78, 5) is 82.2. The lowest BCUT2D eigenvalue weighted by Gasteiger charge is -2.12.